The fraction of sp³-hybridized carbons (Fsp3) is 0.300. The Morgan fingerprint density at radius 1 is 1.42 bits per heavy atom. The van der Waals surface area contributed by atoms with Crippen LogP contribution in [0.1, 0.15) is 18.1 Å². The third-order valence-electron chi connectivity index (χ3n) is 2.04. The number of aryl methyl sites for hydroxylation is 2. The van der Waals surface area contributed by atoms with E-state index in [0.717, 1.165) is 12.1 Å². The predicted octanol–water partition coefficient (Wildman–Crippen LogP) is 2.21. The number of nitrogens with zero attached hydrogens (tertiary/aromatic N) is 2. The molecule has 0 radical (unpaired) electrons. The van der Waals surface area contributed by atoms with Crippen molar-refractivity contribution in [2.24, 2.45) is 0 Å². The summed E-state index contributed by atoms with van der Waals surface area (Å²) in [5, 5.41) is 0. The molecule has 0 atom stereocenters. The molecule has 0 aliphatic rings. The second-order valence-corrected chi connectivity index (χ2v) is 3.10. The van der Waals surface area contributed by atoms with Crippen LogP contribution in [0.2, 0.25) is 0 Å². The van der Waals surface area contributed by atoms with E-state index in [2.05, 4.69) is 41.7 Å². The summed E-state index contributed by atoms with van der Waals surface area (Å²) >= 11 is 0. The van der Waals surface area contributed by atoms with Crippen LogP contribution in [0.5, 0.6) is 0 Å². The Hall–Kier alpha value is -1.31. The van der Waals surface area contributed by atoms with Gasteiger partial charge < -0.3 is 4.40 Å². The molecular weight excluding hydrogens is 148 g/mol. The third-order valence-corrected chi connectivity index (χ3v) is 2.04. The number of aromatic nitrogens is 2. The Morgan fingerprint density at radius 2 is 2.25 bits per heavy atom. The lowest BCUT2D eigenvalue weighted by molar-refractivity contribution is 1.03. The van der Waals surface area contributed by atoms with Gasteiger partial charge in [0.25, 0.3) is 0 Å². The van der Waals surface area contributed by atoms with Gasteiger partial charge in [0.05, 0.1) is 0 Å². The van der Waals surface area contributed by atoms with E-state index in [1.54, 1.807) is 0 Å². The molecule has 2 aromatic heterocycles. The van der Waals surface area contributed by atoms with E-state index in [1.165, 1.54) is 11.1 Å². The van der Waals surface area contributed by atoms with Crippen molar-refractivity contribution in [2.45, 2.75) is 20.3 Å². The van der Waals surface area contributed by atoms with Crippen molar-refractivity contribution < 1.29 is 0 Å². The maximum atomic E-state index is 4.34. The molecule has 2 rings (SSSR count). The van der Waals surface area contributed by atoms with Crippen LogP contribution < -0.4 is 0 Å². The number of hydrogen-bond donors (Lipinski definition) is 0. The molecule has 62 valence electrons. The Morgan fingerprint density at radius 3 is 3.00 bits per heavy atom. The maximum absolute atomic E-state index is 4.34. The van der Waals surface area contributed by atoms with Crippen LogP contribution in [0.4, 0.5) is 0 Å². The molecule has 0 spiro atoms. The first-order valence-electron chi connectivity index (χ1n) is 4.23. The molecule has 0 N–H and O–H groups in total. The van der Waals surface area contributed by atoms with Crippen LogP contribution in [-0.4, -0.2) is 9.38 Å². The molecule has 2 heterocycles. The highest BCUT2D eigenvalue weighted by molar-refractivity contribution is 5.42. The quantitative estimate of drug-likeness (QED) is 0.625. The van der Waals surface area contributed by atoms with Crippen molar-refractivity contribution >= 4 is 5.65 Å². The lowest BCUT2D eigenvalue weighted by atomic mass is 10.3. The van der Waals surface area contributed by atoms with E-state index >= 15 is 0 Å². The van der Waals surface area contributed by atoms with Crippen LogP contribution in [0.15, 0.2) is 24.7 Å². The highest BCUT2D eigenvalue weighted by Gasteiger charge is 1.96. The van der Waals surface area contributed by atoms with Gasteiger partial charge in [-0.05, 0) is 30.5 Å². The molecular formula is C10H12N2. The predicted molar refractivity (Wildman–Crippen MR) is 49.3 cm³/mol. The van der Waals surface area contributed by atoms with E-state index in [4.69, 9.17) is 0 Å². The number of hydrogen-bond acceptors (Lipinski definition) is 1. The van der Waals surface area contributed by atoms with Crippen molar-refractivity contribution in [1.29, 1.82) is 0 Å². The largest absolute Gasteiger partial charge is 0.308 e. The summed E-state index contributed by atoms with van der Waals surface area (Å²) in [6.07, 6.45) is 7.21. The van der Waals surface area contributed by atoms with Gasteiger partial charge in [-0.15, -0.1) is 0 Å². The highest BCUT2D eigenvalue weighted by atomic mass is 15.0. The summed E-state index contributed by atoms with van der Waals surface area (Å²) in [4.78, 5) is 4.34. The summed E-state index contributed by atoms with van der Waals surface area (Å²) in [7, 11) is 0. The molecule has 2 aromatic rings. The average molecular weight is 160 g/mol. The standard InChI is InChI=1S/C10H12N2/c1-3-9-5-11-10-4-8(2)6-12(10)7-9/h4-7H,3H2,1-2H3. The molecule has 2 heteroatoms. The molecule has 0 saturated heterocycles. The molecule has 0 saturated carbocycles. The average Bonchev–Trinajstić information content (AvgIpc) is 2.43. The number of fused-ring (bicyclic) bond motifs is 1. The first-order valence-corrected chi connectivity index (χ1v) is 4.23. The van der Waals surface area contributed by atoms with Crippen molar-refractivity contribution in [3.63, 3.8) is 0 Å². The van der Waals surface area contributed by atoms with Crippen LogP contribution in [0, 0.1) is 6.92 Å². The molecule has 0 aliphatic carbocycles. The summed E-state index contributed by atoms with van der Waals surface area (Å²) in [5.74, 6) is 0. The molecule has 2 nitrogen and oxygen atoms in total. The monoisotopic (exact) mass is 160 g/mol. The number of rotatable bonds is 1. The van der Waals surface area contributed by atoms with E-state index < -0.39 is 0 Å². The van der Waals surface area contributed by atoms with Crippen LogP contribution in [0.25, 0.3) is 5.65 Å². The fourth-order valence-corrected chi connectivity index (χ4v) is 1.35. The van der Waals surface area contributed by atoms with E-state index in [-0.39, 0.29) is 0 Å². The lowest BCUT2D eigenvalue weighted by Crippen LogP contribution is -1.89. The maximum Gasteiger partial charge on any atom is 0.136 e. The molecule has 0 unspecified atom stereocenters. The highest BCUT2D eigenvalue weighted by Crippen LogP contribution is 2.07. The Kier molecular flexibility index (Phi) is 1.61. The zero-order chi connectivity index (χ0) is 8.55. The normalized spacial score (nSPS) is 10.8. The van der Waals surface area contributed by atoms with Crippen LogP contribution in [-0.2, 0) is 6.42 Å². The van der Waals surface area contributed by atoms with Gasteiger partial charge in [-0.1, -0.05) is 6.92 Å². The van der Waals surface area contributed by atoms with Crippen LogP contribution >= 0.6 is 0 Å². The van der Waals surface area contributed by atoms with Gasteiger partial charge in [-0.3, -0.25) is 0 Å². The SMILES string of the molecule is CCc1cnc2cc(C)cn2c1. The van der Waals surface area contributed by atoms with Crippen molar-refractivity contribution in [3.05, 3.63) is 35.8 Å². The van der Waals surface area contributed by atoms with Gasteiger partial charge in [0, 0.05) is 18.6 Å². The second kappa shape index (κ2) is 2.63. The molecule has 0 aliphatic heterocycles. The Labute approximate surface area is 71.9 Å². The van der Waals surface area contributed by atoms with E-state index in [0.29, 0.717) is 0 Å². The molecule has 0 amide bonds. The summed E-state index contributed by atoms with van der Waals surface area (Å²) in [5.41, 5.74) is 3.57. The lowest BCUT2D eigenvalue weighted by Gasteiger charge is -1.96. The minimum atomic E-state index is 1.03. The van der Waals surface area contributed by atoms with Crippen molar-refractivity contribution in [1.82, 2.24) is 9.38 Å². The third kappa shape index (κ3) is 1.09. The summed E-state index contributed by atoms with van der Waals surface area (Å²) < 4.78 is 2.08. The zero-order valence-corrected chi connectivity index (χ0v) is 7.41. The summed E-state index contributed by atoms with van der Waals surface area (Å²) in [6, 6.07) is 2.08. The van der Waals surface area contributed by atoms with Crippen LogP contribution in [0.3, 0.4) is 0 Å². The molecule has 0 fully saturated rings. The van der Waals surface area contributed by atoms with Gasteiger partial charge in [0.15, 0.2) is 0 Å². The van der Waals surface area contributed by atoms with Gasteiger partial charge in [-0.25, -0.2) is 4.98 Å². The first kappa shape index (κ1) is 7.35. The molecule has 0 aromatic carbocycles. The van der Waals surface area contributed by atoms with Gasteiger partial charge in [0.2, 0.25) is 0 Å². The Bertz CT molecular complexity index is 401. The van der Waals surface area contributed by atoms with Gasteiger partial charge in [-0.2, -0.15) is 0 Å². The second-order valence-electron chi connectivity index (χ2n) is 3.10. The molecule has 0 bridgehead atoms. The zero-order valence-electron chi connectivity index (χ0n) is 7.41. The van der Waals surface area contributed by atoms with Crippen molar-refractivity contribution in [3.8, 4) is 0 Å². The van der Waals surface area contributed by atoms with Gasteiger partial charge >= 0.3 is 0 Å². The first-order chi connectivity index (χ1) is 5.79. The van der Waals surface area contributed by atoms with E-state index in [9.17, 15) is 0 Å². The summed E-state index contributed by atoms with van der Waals surface area (Å²) in [6.45, 7) is 4.22. The minimum Gasteiger partial charge on any atom is -0.308 e. The smallest absolute Gasteiger partial charge is 0.136 e. The Balaban J connectivity index is 2.66. The fourth-order valence-electron chi connectivity index (χ4n) is 1.35. The molecule has 12 heavy (non-hydrogen) atoms. The van der Waals surface area contributed by atoms with Crippen molar-refractivity contribution in [2.75, 3.05) is 0 Å². The van der Waals surface area contributed by atoms with Gasteiger partial charge in [0.1, 0.15) is 5.65 Å². The van der Waals surface area contributed by atoms with E-state index in [1.807, 2.05) is 6.20 Å². The minimum absolute atomic E-state index is 1.03. The topological polar surface area (TPSA) is 17.3 Å².